The Morgan fingerprint density at radius 1 is 1.19 bits per heavy atom. The van der Waals surface area contributed by atoms with E-state index in [0.717, 1.165) is 6.42 Å². The number of amides is 2. The quantitative estimate of drug-likeness (QED) is 0.673. The van der Waals surface area contributed by atoms with E-state index in [1.807, 2.05) is 13.8 Å². The number of hydrogen-bond acceptors (Lipinski definition) is 4. The molecule has 0 bridgehead atoms. The SMILES string of the molecule is COCCCNC(=O)[C@H](CC(C)C)NC(=O)OC(C)(C)C. The van der Waals surface area contributed by atoms with Crippen molar-refractivity contribution in [2.75, 3.05) is 20.3 Å². The molecule has 0 rings (SSSR count). The lowest BCUT2D eigenvalue weighted by Crippen LogP contribution is -2.49. The van der Waals surface area contributed by atoms with Crippen LogP contribution in [0.3, 0.4) is 0 Å². The molecule has 0 aromatic rings. The van der Waals surface area contributed by atoms with Crippen molar-refractivity contribution in [1.29, 1.82) is 0 Å². The van der Waals surface area contributed by atoms with Crippen LogP contribution in [0.1, 0.15) is 47.5 Å². The van der Waals surface area contributed by atoms with Crippen LogP contribution >= 0.6 is 0 Å². The number of rotatable bonds is 8. The Balaban J connectivity index is 4.43. The minimum Gasteiger partial charge on any atom is -0.444 e. The van der Waals surface area contributed by atoms with Crippen LogP contribution in [-0.2, 0) is 14.3 Å². The van der Waals surface area contributed by atoms with Gasteiger partial charge in [0.15, 0.2) is 0 Å². The van der Waals surface area contributed by atoms with Crippen LogP contribution in [-0.4, -0.2) is 43.9 Å². The summed E-state index contributed by atoms with van der Waals surface area (Å²) in [6.45, 7) is 10.5. The number of carbonyl (C=O) groups excluding carboxylic acids is 2. The zero-order valence-corrected chi connectivity index (χ0v) is 14.1. The smallest absolute Gasteiger partial charge is 0.408 e. The Bertz CT molecular complexity index is 324. The molecule has 0 aliphatic carbocycles. The van der Waals surface area contributed by atoms with E-state index in [1.54, 1.807) is 27.9 Å². The lowest BCUT2D eigenvalue weighted by atomic mass is 10.0. The summed E-state index contributed by atoms with van der Waals surface area (Å²) < 4.78 is 10.1. The molecular weight excluding hydrogens is 272 g/mol. The maximum atomic E-state index is 12.1. The summed E-state index contributed by atoms with van der Waals surface area (Å²) in [6, 6.07) is -0.581. The van der Waals surface area contributed by atoms with Crippen LogP contribution in [0, 0.1) is 5.92 Å². The van der Waals surface area contributed by atoms with Gasteiger partial charge >= 0.3 is 6.09 Å². The molecule has 124 valence electrons. The van der Waals surface area contributed by atoms with Gasteiger partial charge in [-0.3, -0.25) is 4.79 Å². The number of nitrogens with one attached hydrogen (secondary N) is 2. The lowest BCUT2D eigenvalue weighted by Gasteiger charge is -2.24. The second-order valence-electron chi connectivity index (χ2n) is 6.47. The van der Waals surface area contributed by atoms with Gasteiger partial charge in [-0.05, 0) is 39.5 Å². The van der Waals surface area contributed by atoms with Crippen LogP contribution in [0.4, 0.5) is 4.79 Å². The molecule has 0 aromatic carbocycles. The monoisotopic (exact) mass is 302 g/mol. The summed E-state index contributed by atoms with van der Waals surface area (Å²) in [7, 11) is 1.62. The Labute approximate surface area is 127 Å². The van der Waals surface area contributed by atoms with E-state index in [1.165, 1.54) is 0 Å². The normalized spacial score (nSPS) is 12.9. The molecule has 0 aromatic heterocycles. The van der Waals surface area contributed by atoms with Gasteiger partial charge in [0.25, 0.3) is 0 Å². The van der Waals surface area contributed by atoms with Crippen LogP contribution < -0.4 is 10.6 Å². The topological polar surface area (TPSA) is 76.7 Å². The largest absolute Gasteiger partial charge is 0.444 e. The molecule has 6 heteroatoms. The fraction of sp³-hybridized carbons (Fsp3) is 0.867. The van der Waals surface area contributed by atoms with Crippen molar-refractivity contribution in [1.82, 2.24) is 10.6 Å². The molecule has 0 unspecified atom stereocenters. The summed E-state index contributed by atoms with van der Waals surface area (Å²) in [4.78, 5) is 23.9. The second-order valence-corrected chi connectivity index (χ2v) is 6.47. The molecule has 1 atom stereocenters. The first-order valence-electron chi connectivity index (χ1n) is 7.42. The zero-order valence-electron chi connectivity index (χ0n) is 14.1. The van der Waals surface area contributed by atoms with Gasteiger partial charge in [-0.1, -0.05) is 13.8 Å². The van der Waals surface area contributed by atoms with Crippen LogP contribution in [0.15, 0.2) is 0 Å². The highest BCUT2D eigenvalue weighted by atomic mass is 16.6. The Hall–Kier alpha value is -1.30. The summed E-state index contributed by atoms with van der Waals surface area (Å²) in [5.74, 6) is 0.0975. The molecule has 2 amide bonds. The number of methoxy groups -OCH3 is 1. The molecule has 0 radical (unpaired) electrons. The van der Waals surface area contributed by atoms with E-state index < -0.39 is 17.7 Å². The highest BCUT2D eigenvalue weighted by Gasteiger charge is 2.24. The van der Waals surface area contributed by atoms with Crippen LogP contribution in [0.5, 0.6) is 0 Å². The van der Waals surface area contributed by atoms with Gasteiger partial charge in [0.05, 0.1) is 0 Å². The van der Waals surface area contributed by atoms with Crippen LogP contribution in [0.2, 0.25) is 0 Å². The molecule has 6 nitrogen and oxygen atoms in total. The summed E-state index contributed by atoms with van der Waals surface area (Å²) in [5, 5.41) is 5.44. The van der Waals surface area contributed by atoms with Crippen molar-refractivity contribution in [3.8, 4) is 0 Å². The number of ether oxygens (including phenoxy) is 2. The highest BCUT2D eigenvalue weighted by Crippen LogP contribution is 2.09. The average Bonchev–Trinajstić information content (AvgIpc) is 2.30. The van der Waals surface area contributed by atoms with Gasteiger partial charge < -0.3 is 20.1 Å². The van der Waals surface area contributed by atoms with E-state index in [0.29, 0.717) is 19.6 Å². The van der Waals surface area contributed by atoms with Gasteiger partial charge in [-0.25, -0.2) is 4.79 Å². The molecule has 0 fully saturated rings. The Morgan fingerprint density at radius 3 is 2.29 bits per heavy atom. The first kappa shape index (κ1) is 19.7. The summed E-state index contributed by atoms with van der Waals surface area (Å²) in [6.07, 6.45) is 0.735. The number of carbonyl (C=O) groups is 2. The van der Waals surface area contributed by atoms with Crippen LogP contribution in [0.25, 0.3) is 0 Å². The Kier molecular flexibility index (Phi) is 9.01. The van der Waals surface area contributed by atoms with E-state index in [9.17, 15) is 9.59 Å². The van der Waals surface area contributed by atoms with Crippen molar-refractivity contribution in [2.24, 2.45) is 5.92 Å². The molecule has 0 saturated heterocycles. The van der Waals surface area contributed by atoms with Crippen molar-refractivity contribution in [2.45, 2.75) is 59.1 Å². The lowest BCUT2D eigenvalue weighted by molar-refractivity contribution is -0.123. The molecule has 0 aliphatic rings. The van der Waals surface area contributed by atoms with Gasteiger partial charge in [0.1, 0.15) is 11.6 Å². The Morgan fingerprint density at radius 2 is 1.81 bits per heavy atom. The van der Waals surface area contributed by atoms with Crippen molar-refractivity contribution >= 4 is 12.0 Å². The van der Waals surface area contributed by atoms with Crippen molar-refractivity contribution in [3.05, 3.63) is 0 Å². The van der Waals surface area contributed by atoms with E-state index in [-0.39, 0.29) is 11.8 Å². The van der Waals surface area contributed by atoms with Crippen molar-refractivity contribution in [3.63, 3.8) is 0 Å². The zero-order chi connectivity index (χ0) is 16.5. The minimum absolute atomic E-state index is 0.189. The summed E-state index contributed by atoms with van der Waals surface area (Å²) in [5.41, 5.74) is -0.582. The number of hydrogen-bond donors (Lipinski definition) is 2. The maximum Gasteiger partial charge on any atom is 0.408 e. The fourth-order valence-electron chi connectivity index (χ4n) is 1.70. The van der Waals surface area contributed by atoms with Crippen molar-refractivity contribution < 1.29 is 19.1 Å². The van der Waals surface area contributed by atoms with Gasteiger partial charge in [-0.15, -0.1) is 0 Å². The maximum absolute atomic E-state index is 12.1. The molecule has 0 heterocycles. The van der Waals surface area contributed by atoms with Gasteiger partial charge in [-0.2, -0.15) is 0 Å². The molecule has 0 spiro atoms. The fourth-order valence-corrected chi connectivity index (χ4v) is 1.70. The first-order chi connectivity index (χ1) is 9.65. The molecule has 0 saturated carbocycles. The van der Waals surface area contributed by atoms with Gasteiger partial charge in [0, 0.05) is 20.3 Å². The molecular formula is C15H30N2O4. The molecule has 2 N–H and O–H groups in total. The third-order valence-electron chi connectivity index (χ3n) is 2.54. The van der Waals surface area contributed by atoms with E-state index >= 15 is 0 Å². The van der Waals surface area contributed by atoms with E-state index in [2.05, 4.69) is 10.6 Å². The predicted octanol–water partition coefficient (Wildman–Crippen LogP) is 2.08. The number of alkyl carbamates (subject to hydrolysis) is 1. The first-order valence-corrected chi connectivity index (χ1v) is 7.42. The highest BCUT2D eigenvalue weighted by molar-refractivity contribution is 5.85. The third kappa shape index (κ3) is 11.1. The summed E-state index contributed by atoms with van der Waals surface area (Å²) >= 11 is 0. The van der Waals surface area contributed by atoms with E-state index in [4.69, 9.17) is 9.47 Å². The molecule has 0 aliphatic heterocycles. The second kappa shape index (κ2) is 9.60. The predicted molar refractivity (Wildman–Crippen MR) is 82.1 cm³/mol. The average molecular weight is 302 g/mol. The van der Waals surface area contributed by atoms with Gasteiger partial charge in [0.2, 0.25) is 5.91 Å². The molecule has 21 heavy (non-hydrogen) atoms. The standard InChI is InChI=1S/C15H30N2O4/c1-11(2)10-12(13(18)16-8-7-9-20-6)17-14(19)21-15(3,4)5/h11-12H,7-10H2,1-6H3,(H,16,18)(H,17,19)/t12-/m0/s1. The third-order valence-corrected chi connectivity index (χ3v) is 2.54. The minimum atomic E-state index is -0.582.